The molecular weight excluding hydrogens is 283 g/mol. The van der Waals surface area contributed by atoms with Crippen molar-refractivity contribution in [3.63, 3.8) is 0 Å². The molecule has 0 aromatic rings. The first kappa shape index (κ1) is 11.8. The Morgan fingerprint density at radius 3 is 3.07 bits per heavy atom. The predicted molar refractivity (Wildman–Crippen MR) is 72.8 cm³/mol. The van der Waals surface area contributed by atoms with E-state index in [1.54, 1.807) is 0 Å². The first-order valence-electron chi connectivity index (χ1n) is 5.04. The van der Waals surface area contributed by atoms with E-state index in [9.17, 15) is 0 Å². The third-order valence-electron chi connectivity index (χ3n) is 2.47. The van der Waals surface area contributed by atoms with Crippen LogP contribution in [-0.4, -0.2) is 3.92 Å². The maximum atomic E-state index is 3.92. The molecule has 2 atom stereocenters. The van der Waals surface area contributed by atoms with Gasteiger partial charge in [0.25, 0.3) is 0 Å². The van der Waals surface area contributed by atoms with Crippen LogP contribution in [0.15, 0.2) is 48.6 Å². The van der Waals surface area contributed by atoms with E-state index in [4.69, 9.17) is 0 Å². The van der Waals surface area contributed by atoms with E-state index >= 15 is 0 Å². The monoisotopic (exact) mass is 300 g/mol. The Morgan fingerprint density at radius 1 is 1.71 bits per heavy atom. The minimum atomic E-state index is 0.512. The third kappa shape index (κ3) is 3.12. The number of hydrogen-bond donors (Lipinski definition) is 0. The van der Waals surface area contributed by atoms with Gasteiger partial charge in [-0.2, -0.15) is 0 Å². The van der Waals surface area contributed by atoms with Crippen molar-refractivity contribution < 1.29 is 0 Å². The summed E-state index contributed by atoms with van der Waals surface area (Å²) in [6, 6.07) is 0. The van der Waals surface area contributed by atoms with Gasteiger partial charge in [0.2, 0.25) is 0 Å². The van der Waals surface area contributed by atoms with Crippen LogP contribution >= 0.6 is 22.6 Å². The molecule has 0 fully saturated rings. The van der Waals surface area contributed by atoms with Crippen LogP contribution in [0, 0.1) is 5.92 Å². The first-order valence-corrected chi connectivity index (χ1v) is 6.28. The number of hydrogen-bond acceptors (Lipinski definition) is 0. The second kappa shape index (κ2) is 6.23. The molecule has 0 nitrogen and oxygen atoms in total. The van der Waals surface area contributed by atoms with Crippen molar-refractivity contribution in [2.24, 2.45) is 5.92 Å². The quantitative estimate of drug-likeness (QED) is 0.409. The minimum Gasteiger partial charge on any atom is -0.102 e. The van der Waals surface area contributed by atoms with Gasteiger partial charge in [-0.05, 0) is 25.3 Å². The maximum absolute atomic E-state index is 3.92. The normalized spacial score (nSPS) is 23.6. The second-order valence-corrected chi connectivity index (χ2v) is 4.95. The van der Waals surface area contributed by atoms with Crippen molar-refractivity contribution in [2.75, 3.05) is 0 Å². The number of allylic oxidation sites excluding steroid dienone is 7. The molecule has 0 bridgehead atoms. The maximum Gasteiger partial charge on any atom is 0.0362 e. The summed E-state index contributed by atoms with van der Waals surface area (Å²) in [4.78, 5) is 0. The van der Waals surface area contributed by atoms with Gasteiger partial charge < -0.3 is 0 Å². The van der Waals surface area contributed by atoms with Gasteiger partial charge in [-0.1, -0.05) is 59.0 Å². The van der Waals surface area contributed by atoms with E-state index in [0.717, 1.165) is 12.8 Å². The molecule has 0 N–H and O–H groups in total. The van der Waals surface area contributed by atoms with Gasteiger partial charge in [-0.3, -0.25) is 0 Å². The Hall–Kier alpha value is -0.310. The summed E-state index contributed by atoms with van der Waals surface area (Å²) in [5.41, 5.74) is 1.52. The smallest absolute Gasteiger partial charge is 0.0362 e. The number of halogens is 1. The fraction of sp³-hybridized carbons (Fsp3) is 0.385. The van der Waals surface area contributed by atoms with Crippen molar-refractivity contribution >= 4 is 22.6 Å². The van der Waals surface area contributed by atoms with Crippen LogP contribution in [0.2, 0.25) is 0 Å². The van der Waals surface area contributed by atoms with Gasteiger partial charge in [0, 0.05) is 9.84 Å². The summed E-state index contributed by atoms with van der Waals surface area (Å²) >= 11 is 2.52. The number of rotatable bonds is 4. The molecule has 0 aliphatic heterocycles. The lowest BCUT2D eigenvalue weighted by atomic mass is 9.89. The zero-order valence-electron chi connectivity index (χ0n) is 8.62. The first-order chi connectivity index (χ1) is 6.79. The highest BCUT2D eigenvalue weighted by Gasteiger charge is 2.17. The predicted octanol–water partition coefficient (Wildman–Crippen LogP) is 4.44. The van der Waals surface area contributed by atoms with E-state index < -0.39 is 0 Å². The summed E-state index contributed by atoms with van der Waals surface area (Å²) in [5.74, 6) is 0.512. The summed E-state index contributed by atoms with van der Waals surface area (Å²) in [6.45, 7) is 5.99. The van der Waals surface area contributed by atoms with Crippen molar-refractivity contribution in [3.05, 3.63) is 48.6 Å². The summed E-state index contributed by atoms with van der Waals surface area (Å²) in [5, 5.41) is 0. The number of alkyl halides is 1. The highest BCUT2D eigenvalue weighted by molar-refractivity contribution is 14.1. The molecule has 1 aliphatic rings. The Kier molecular flexibility index (Phi) is 5.23. The standard InChI is InChI=1S/C13H17I/c1-3-5-8-11(4-2)12-9-6-7-10-13(12)14/h3-7,9,11,13H,2,8,10H2,1H3/b5-3-. The van der Waals surface area contributed by atoms with Crippen LogP contribution in [0.25, 0.3) is 0 Å². The average Bonchev–Trinajstić information content (AvgIpc) is 2.21. The molecule has 1 heteroatoms. The molecule has 1 aliphatic carbocycles. The molecular formula is C13H17I. The Bertz CT molecular complexity index is 271. The Morgan fingerprint density at radius 2 is 2.50 bits per heavy atom. The molecule has 76 valence electrons. The zero-order chi connectivity index (χ0) is 10.4. The molecule has 0 saturated heterocycles. The Balaban J connectivity index is 2.71. The molecule has 2 unspecified atom stereocenters. The zero-order valence-corrected chi connectivity index (χ0v) is 10.8. The van der Waals surface area contributed by atoms with Crippen molar-refractivity contribution in [3.8, 4) is 0 Å². The molecule has 0 amide bonds. The van der Waals surface area contributed by atoms with Crippen LogP contribution in [0.1, 0.15) is 19.8 Å². The van der Waals surface area contributed by atoms with Crippen LogP contribution in [0.3, 0.4) is 0 Å². The van der Waals surface area contributed by atoms with Crippen LogP contribution in [0.5, 0.6) is 0 Å². The van der Waals surface area contributed by atoms with E-state index in [2.05, 4.69) is 72.5 Å². The molecule has 1 rings (SSSR count). The van der Waals surface area contributed by atoms with Gasteiger partial charge >= 0.3 is 0 Å². The molecule has 14 heavy (non-hydrogen) atoms. The van der Waals surface area contributed by atoms with Gasteiger partial charge in [-0.15, -0.1) is 6.58 Å². The van der Waals surface area contributed by atoms with E-state index in [0.29, 0.717) is 9.84 Å². The highest BCUT2D eigenvalue weighted by Crippen LogP contribution is 2.30. The van der Waals surface area contributed by atoms with Crippen LogP contribution in [0.4, 0.5) is 0 Å². The highest BCUT2D eigenvalue weighted by atomic mass is 127. The lowest BCUT2D eigenvalue weighted by Gasteiger charge is -2.21. The van der Waals surface area contributed by atoms with Gasteiger partial charge in [0.05, 0.1) is 0 Å². The molecule has 0 saturated carbocycles. The fourth-order valence-corrected chi connectivity index (χ4v) is 2.59. The molecule has 0 radical (unpaired) electrons. The molecule has 0 spiro atoms. The Labute approximate surface area is 101 Å². The van der Waals surface area contributed by atoms with E-state index in [1.807, 2.05) is 0 Å². The van der Waals surface area contributed by atoms with Crippen LogP contribution in [-0.2, 0) is 0 Å². The molecule has 0 heterocycles. The lowest BCUT2D eigenvalue weighted by Crippen LogP contribution is -2.12. The van der Waals surface area contributed by atoms with E-state index in [-0.39, 0.29) is 0 Å². The second-order valence-electron chi connectivity index (χ2n) is 3.44. The van der Waals surface area contributed by atoms with Gasteiger partial charge in [0.15, 0.2) is 0 Å². The van der Waals surface area contributed by atoms with Crippen molar-refractivity contribution in [1.29, 1.82) is 0 Å². The lowest BCUT2D eigenvalue weighted by molar-refractivity contribution is 0.735. The van der Waals surface area contributed by atoms with Crippen molar-refractivity contribution in [2.45, 2.75) is 23.7 Å². The van der Waals surface area contributed by atoms with Gasteiger partial charge in [0.1, 0.15) is 0 Å². The van der Waals surface area contributed by atoms with E-state index in [1.165, 1.54) is 5.57 Å². The molecule has 0 aromatic carbocycles. The summed E-state index contributed by atoms with van der Waals surface area (Å²) in [7, 11) is 0. The summed E-state index contributed by atoms with van der Waals surface area (Å²) < 4.78 is 0.644. The third-order valence-corrected chi connectivity index (χ3v) is 3.70. The van der Waals surface area contributed by atoms with Gasteiger partial charge in [-0.25, -0.2) is 0 Å². The topological polar surface area (TPSA) is 0 Å². The summed E-state index contributed by atoms with van der Waals surface area (Å²) in [6.07, 6.45) is 15.3. The van der Waals surface area contributed by atoms with Crippen molar-refractivity contribution in [1.82, 2.24) is 0 Å². The molecule has 0 aromatic heterocycles. The van der Waals surface area contributed by atoms with Crippen LogP contribution < -0.4 is 0 Å². The largest absolute Gasteiger partial charge is 0.102 e. The average molecular weight is 300 g/mol. The minimum absolute atomic E-state index is 0.512. The fourth-order valence-electron chi connectivity index (χ4n) is 1.62. The SMILES string of the molecule is C=CC(C/C=C\C)C1=CC=CCC1I.